The van der Waals surface area contributed by atoms with Crippen LogP contribution in [0.15, 0.2) is 53.9 Å². The molecule has 0 aliphatic carbocycles. The maximum atomic E-state index is 13.4. The quantitative estimate of drug-likeness (QED) is 0.491. The number of carbonyl (C=O) groups is 1. The van der Waals surface area contributed by atoms with E-state index in [0.29, 0.717) is 10.7 Å². The minimum absolute atomic E-state index is 0.134. The van der Waals surface area contributed by atoms with Gasteiger partial charge in [-0.05, 0) is 36.4 Å². The van der Waals surface area contributed by atoms with Crippen LogP contribution in [0.5, 0.6) is 0 Å². The van der Waals surface area contributed by atoms with Gasteiger partial charge in [-0.2, -0.15) is 0 Å². The lowest BCUT2D eigenvalue weighted by Gasteiger charge is -2.28. The van der Waals surface area contributed by atoms with Crippen molar-refractivity contribution >= 4 is 39.2 Å². The van der Waals surface area contributed by atoms with Gasteiger partial charge in [0.2, 0.25) is 0 Å². The van der Waals surface area contributed by atoms with E-state index in [1.807, 2.05) is 30.3 Å². The van der Waals surface area contributed by atoms with E-state index in [2.05, 4.69) is 21.2 Å². The molecule has 2 rings (SSSR count). The van der Waals surface area contributed by atoms with Gasteiger partial charge in [0.15, 0.2) is 10.7 Å². The molecule has 1 aliphatic rings. The molecule has 1 saturated heterocycles. The van der Waals surface area contributed by atoms with Gasteiger partial charge >= 0.3 is 0 Å². The second-order valence-electron chi connectivity index (χ2n) is 5.01. The number of nitrogens with zero attached hydrogens (tertiary/aromatic N) is 1. The number of thiocarbonyl (C=S) groups is 1. The Hall–Kier alpha value is -1.53. The molecule has 22 heavy (non-hydrogen) atoms. The summed E-state index contributed by atoms with van der Waals surface area (Å²) in [6.45, 7) is 1.79. The highest BCUT2D eigenvalue weighted by Crippen LogP contribution is 2.35. The van der Waals surface area contributed by atoms with Gasteiger partial charge in [-0.15, -0.1) is 0 Å². The zero-order chi connectivity index (χ0) is 16.3. The Bertz CT molecular complexity index is 659. The van der Waals surface area contributed by atoms with Crippen molar-refractivity contribution in [1.82, 2.24) is 10.2 Å². The number of hydrogen-bond acceptors (Lipinski definition) is 2. The lowest BCUT2D eigenvalue weighted by Crippen LogP contribution is -2.45. The van der Waals surface area contributed by atoms with Crippen LogP contribution in [0.1, 0.15) is 12.5 Å². The highest BCUT2D eigenvalue weighted by atomic mass is 79.9. The SMILES string of the molecule is C/C(=C\C=C(\F)CBr)C1(c2ccccc2)NC(=S)N(C)C1=O. The molecule has 1 unspecified atom stereocenters. The number of amides is 1. The van der Waals surface area contributed by atoms with E-state index in [-0.39, 0.29) is 17.1 Å². The zero-order valence-corrected chi connectivity index (χ0v) is 14.7. The summed E-state index contributed by atoms with van der Waals surface area (Å²) in [6.07, 6.45) is 2.96. The molecule has 1 aromatic carbocycles. The lowest BCUT2D eigenvalue weighted by molar-refractivity contribution is -0.129. The predicted octanol–water partition coefficient (Wildman–Crippen LogP) is 3.42. The van der Waals surface area contributed by atoms with Crippen molar-refractivity contribution in [2.45, 2.75) is 12.5 Å². The van der Waals surface area contributed by atoms with E-state index in [1.54, 1.807) is 20.0 Å². The van der Waals surface area contributed by atoms with Crippen molar-refractivity contribution < 1.29 is 9.18 Å². The zero-order valence-electron chi connectivity index (χ0n) is 12.3. The molecule has 3 nitrogen and oxygen atoms in total. The fourth-order valence-electron chi connectivity index (χ4n) is 2.41. The number of nitrogens with one attached hydrogen (secondary N) is 1. The van der Waals surface area contributed by atoms with Crippen LogP contribution >= 0.6 is 28.1 Å². The second kappa shape index (κ2) is 6.71. The van der Waals surface area contributed by atoms with Gasteiger partial charge in [0.05, 0.1) is 5.33 Å². The molecule has 0 radical (unpaired) electrons. The first-order valence-electron chi connectivity index (χ1n) is 6.68. The number of halogens is 2. The monoisotopic (exact) mass is 382 g/mol. The van der Waals surface area contributed by atoms with Gasteiger partial charge in [0, 0.05) is 7.05 Å². The van der Waals surface area contributed by atoms with E-state index in [0.717, 1.165) is 5.56 Å². The fourth-order valence-corrected chi connectivity index (χ4v) is 2.83. The number of hydrogen-bond donors (Lipinski definition) is 1. The highest BCUT2D eigenvalue weighted by Gasteiger charge is 2.50. The summed E-state index contributed by atoms with van der Waals surface area (Å²) < 4.78 is 13.4. The molecule has 1 aromatic rings. The first kappa shape index (κ1) is 16.8. The predicted molar refractivity (Wildman–Crippen MR) is 93.4 cm³/mol. The fraction of sp³-hybridized carbons (Fsp3) is 0.250. The Kier molecular flexibility index (Phi) is 5.13. The third-order valence-electron chi connectivity index (χ3n) is 3.66. The summed E-state index contributed by atoms with van der Waals surface area (Å²) in [5.74, 6) is -0.492. The van der Waals surface area contributed by atoms with Crippen LogP contribution in [0.25, 0.3) is 0 Å². The summed E-state index contributed by atoms with van der Waals surface area (Å²) in [4.78, 5) is 14.2. The van der Waals surface area contributed by atoms with Crippen molar-refractivity contribution in [3.63, 3.8) is 0 Å². The van der Waals surface area contributed by atoms with Gasteiger partial charge < -0.3 is 5.32 Å². The minimum atomic E-state index is -1.09. The van der Waals surface area contributed by atoms with Gasteiger partial charge in [0.25, 0.3) is 5.91 Å². The Morgan fingerprint density at radius 3 is 2.55 bits per heavy atom. The lowest BCUT2D eigenvalue weighted by atomic mass is 9.83. The summed E-state index contributed by atoms with van der Waals surface area (Å²) in [7, 11) is 1.63. The molecule has 0 saturated carbocycles. The Labute approximate surface area is 143 Å². The second-order valence-corrected chi connectivity index (χ2v) is 5.95. The number of carbonyl (C=O) groups excluding carboxylic acids is 1. The Balaban J connectivity index is 2.58. The van der Waals surface area contributed by atoms with Gasteiger partial charge in [-0.25, -0.2) is 4.39 Å². The number of benzene rings is 1. The molecule has 6 heteroatoms. The molecule has 0 bridgehead atoms. The van der Waals surface area contributed by atoms with Crippen LogP contribution in [0, 0.1) is 0 Å². The van der Waals surface area contributed by atoms with Crippen molar-refractivity contribution in [1.29, 1.82) is 0 Å². The van der Waals surface area contributed by atoms with E-state index in [4.69, 9.17) is 12.2 Å². The van der Waals surface area contributed by atoms with Crippen LogP contribution in [-0.2, 0) is 10.3 Å². The van der Waals surface area contributed by atoms with E-state index in [1.165, 1.54) is 11.0 Å². The number of allylic oxidation sites excluding steroid dienone is 3. The van der Waals surface area contributed by atoms with Crippen LogP contribution in [0.3, 0.4) is 0 Å². The molecule has 1 aliphatic heterocycles. The molecule has 0 aromatic heterocycles. The average Bonchev–Trinajstić information content (AvgIpc) is 2.78. The third kappa shape index (κ3) is 2.85. The van der Waals surface area contributed by atoms with Crippen LogP contribution in [0.4, 0.5) is 4.39 Å². The maximum Gasteiger partial charge on any atom is 0.263 e. The summed E-state index contributed by atoms with van der Waals surface area (Å²) in [5.41, 5.74) is 0.357. The van der Waals surface area contributed by atoms with Crippen LogP contribution < -0.4 is 5.32 Å². The van der Waals surface area contributed by atoms with E-state index in [9.17, 15) is 9.18 Å². The molecule has 1 heterocycles. The molecular weight excluding hydrogens is 367 g/mol. The molecule has 1 N–H and O–H groups in total. The van der Waals surface area contributed by atoms with Crippen LogP contribution in [-0.4, -0.2) is 28.3 Å². The Morgan fingerprint density at radius 1 is 1.41 bits per heavy atom. The van der Waals surface area contributed by atoms with E-state index >= 15 is 0 Å². The third-order valence-corrected chi connectivity index (χ3v) is 4.58. The van der Waals surface area contributed by atoms with Crippen molar-refractivity contribution in [2.24, 2.45) is 0 Å². The maximum absolute atomic E-state index is 13.4. The smallest absolute Gasteiger partial charge is 0.263 e. The molecule has 1 atom stereocenters. The minimum Gasteiger partial charge on any atom is -0.341 e. The molecule has 116 valence electrons. The van der Waals surface area contributed by atoms with Gasteiger partial charge in [-0.3, -0.25) is 9.69 Å². The first-order valence-corrected chi connectivity index (χ1v) is 8.21. The molecule has 0 spiro atoms. The van der Waals surface area contributed by atoms with Crippen molar-refractivity contribution in [3.05, 3.63) is 59.4 Å². The van der Waals surface area contributed by atoms with Gasteiger partial charge in [0.1, 0.15) is 5.83 Å². The first-order chi connectivity index (χ1) is 10.4. The molecule has 1 amide bonds. The topological polar surface area (TPSA) is 32.3 Å². The van der Waals surface area contributed by atoms with Gasteiger partial charge in [-0.1, -0.05) is 52.3 Å². The largest absolute Gasteiger partial charge is 0.341 e. The van der Waals surface area contributed by atoms with Crippen LogP contribution in [0.2, 0.25) is 0 Å². The molecule has 1 fully saturated rings. The number of rotatable bonds is 4. The average molecular weight is 383 g/mol. The standard InChI is InChI=1S/C16H16BrFN2OS/c1-11(8-9-13(18)10-17)16(12-6-4-3-5-7-12)14(21)20(2)15(22)19-16/h3-9H,10H2,1-2H3,(H,19,22)/b11-8+,13-9+. The normalized spacial score (nSPS) is 23.0. The highest BCUT2D eigenvalue weighted by molar-refractivity contribution is 9.09. The van der Waals surface area contributed by atoms with E-state index < -0.39 is 5.54 Å². The van der Waals surface area contributed by atoms with Crippen molar-refractivity contribution in [2.75, 3.05) is 12.4 Å². The number of alkyl halides is 1. The summed E-state index contributed by atoms with van der Waals surface area (Å²) in [5, 5.41) is 3.59. The number of likely N-dealkylation sites (N-methyl/N-ethyl adjacent to an activating group) is 1. The Morgan fingerprint density at radius 2 is 2.05 bits per heavy atom. The molecular formula is C16H16BrFN2OS. The van der Waals surface area contributed by atoms with Crippen molar-refractivity contribution in [3.8, 4) is 0 Å². The summed E-state index contributed by atoms with van der Waals surface area (Å²) in [6, 6.07) is 9.30. The summed E-state index contributed by atoms with van der Waals surface area (Å²) >= 11 is 8.27.